The number of hydrogen-bond donors (Lipinski definition) is 1. The Bertz CT molecular complexity index is 1370. The fourth-order valence-corrected chi connectivity index (χ4v) is 11.1. The third-order valence-electron chi connectivity index (χ3n) is 15.5. The van der Waals surface area contributed by atoms with Crippen molar-refractivity contribution in [2.24, 2.45) is 0 Å². The van der Waals surface area contributed by atoms with E-state index in [2.05, 4.69) is 39.0 Å². The van der Waals surface area contributed by atoms with Crippen molar-refractivity contribution in [2.75, 3.05) is 0 Å². The molecule has 2 nitrogen and oxygen atoms in total. The minimum Gasteiger partial charge on any atom is -0.478 e. The number of carboxylic acids is 1. The van der Waals surface area contributed by atoms with Gasteiger partial charge in [0.05, 0.1) is 5.56 Å². The highest BCUT2D eigenvalue weighted by atomic mass is 16.4. The Hall–Kier alpha value is -1.83. The first-order chi connectivity index (χ1) is 33.1. The summed E-state index contributed by atoms with van der Waals surface area (Å²) < 4.78 is 0. The van der Waals surface area contributed by atoms with Crippen LogP contribution in [0.2, 0.25) is 0 Å². The normalized spacial score (nSPS) is 11.7. The van der Waals surface area contributed by atoms with Crippen LogP contribution in [0.15, 0.2) is 24.3 Å². The second-order valence-electron chi connectivity index (χ2n) is 21.9. The average Bonchev–Trinajstić information content (AvgIpc) is 3.33. The molecule has 2 heteroatoms. The lowest BCUT2D eigenvalue weighted by Crippen LogP contribution is -2.04. The van der Waals surface area contributed by atoms with E-state index in [1.54, 1.807) is 11.1 Å². The molecule has 0 unspecified atom stereocenters. The molecule has 0 amide bonds. The lowest BCUT2D eigenvalue weighted by molar-refractivity contribution is 0.0697. The standard InChI is InChI=1S/C65H116O2/c1-4-7-10-13-16-19-22-25-28-31-34-37-40-43-46-49-52-59-55-56-61-58-62(65(66)67)57-60(53-50-47-44-41-38-35-32-29-26-23-20-17-14-11-8-5-2)64(61)63(59)54-51-48-45-42-39-36-33-30-27-24-21-18-15-12-9-6-3/h55-58H,4-54H2,1-3H3,(H,66,67). The molecular weight excluding hydrogens is 813 g/mol. The largest absolute Gasteiger partial charge is 0.478 e. The molecule has 0 radical (unpaired) electrons. The molecule has 1 N–H and O–H groups in total. The van der Waals surface area contributed by atoms with Gasteiger partial charge in [-0.3, -0.25) is 0 Å². The SMILES string of the molecule is CCCCCCCCCCCCCCCCCCc1ccc2cc(C(=O)O)cc(CCCCCCCCCCCCCCCCCC)c2c1CCCCCCCCCCCCCCCCCC. The van der Waals surface area contributed by atoms with Gasteiger partial charge in [0, 0.05) is 0 Å². The van der Waals surface area contributed by atoms with E-state index in [4.69, 9.17) is 0 Å². The van der Waals surface area contributed by atoms with E-state index >= 15 is 0 Å². The molecule has 2 rings (SSSR count). The Labute approximate surface area is 419 Å². The number of rotatable bonds is 52. The number of hydrogen-bond acceptors (Lipinski definition) is 1. The van der Waals surface area contributed by atoms with Gasteiger partial charge < -0.3 is 5.11 Å². The zero-order valence-corrected chi connectivity index (χ0v) is 45.7. The van der Waals surface area contributed by atoms with Crippen LogP contribution < -0.4 is 0 Å². The lowest BCUT2D eigenvalue weighted by Gasteiger charge is -2.18. The van der Waals surface area contributed by atoms with Crippen molar-refractivity contribution in [1.82, 2.24) is 0 Å². The van der Waals surface area contributed by atoms with Crippen LogP contribution in [0.3, 0.4) is 0 Å². The molecule has 2 aromatic rings. The molecule has 0 fully saturated rings. The highest BCUT2D eigenvalue weighted by molar-refractivity contribution is 5.98. The topological polar surface area (TPSA) is 37.3 Å². The van der Waals surface area contributed by atoms with Crippen LogP contribution in [0.25, 0.3) is 10.8 Å². The summed E-state index contributed by atoms with van der Waals surface area (Å²) in [6, 6.07) is 8.70. The number of fused-ring (bicyclic) bond motifs is 1. The van der Waals surface area contributed by atoms with Gasteiger partial charge in [0.25, 0.3) is 0 Å². The van der Waals surface area contributed by atoms with Crippen LogP contribution in [0.5, 0.6) is 0 Å². The first-order valence-corrected chi connectivity index (χ1v) is 30.9. The van der Waals surface area contributed by atoms with Crippen molar-refractivity contribution >= 4 is 16.7 Å². The van der Waals surface area contributed by atoms with Crippen molar-refractivity contribution in [3.05, 3.63) is 46.5 Å². The molecule has 0 spiro atoms. The molecule has 0 heterocycles. The van der Waals surface area contributed by atoms with E-state index in [0.29, 0.717) is 5.56 Å². The van der Waals surface area contributed by atoms with Crippen molar-refractivity contribution in [3.63, 3.8) is 0 Å². The summed E-state index contributed by atoms with van der Waals surface area (Å²) >= 11 is 0. The molecule has 388 valence electrons. The van der Waals surface area contributed by atoms with Crippen molar-refractivity contribution in [3.8, 4) is 0 Å². The Morgan fingerprint density at radius 3 is 0.851 bits per heavy atom. The van der Waals surface area contributed by atoms with Gasteiger partial charge in [-0.05, 0) is 78.1 Å². The van der Waals surface area contributed by atoms with Crippen molar-refractivity contribution < 1.29 is 9.90 Å². The van der Waals surface area contributed by atoms with E-state index in [9.17, 15) is 9.90 Å². The molecule has 0 aliphatic carbocycles. The molecule has 0 aliphatic heterocycles. The maximum Gasteiger partial charge on any atom is 0.335 e. The summed E-state index contributed by atoms with van der Waals surface area (Å²) in [5, 5.41) is 12.8. The number of aromatic carboxylic acids is 1. The van der Waals surface area contributed by atoms with Gasteiger partial charge in [0.2, 0.25) is 0 Å². The summed E-state index contributed by atoms with van der Waals surface area (Å²) in [4.78, 5) is 12.4. The maximum atomic E-state index is 12.4. The number of benzene rings is 2. The van der Waals surface area contributed by atoms with Gasteiger partial charge in [0.15, 0.2) is 0 Å². The number of unbranched alkanes of at least 4 members (excludes halogenated alkanes) is 45. The summed E-state index contributed by atoms with van der Waals surface area (Å²) in [5.74, 6) is -0.785. The zero-order chi connectivity index (χ0) is 47.9. The molecule has 0 saturated heterocycles. The molecule has 0 bridgehead atoms. The highest BCUT2D eigenvalue weighted by Crippen LogP contribution is 2.32. The summed E-state index contributed by atoms with van der Waals surface area (Å²) in [6.45, 7) is 6.92. The van der Waals surface area contributed by atoms with E-state index in [1.807, 2.05) is 6.07 Å². The Kier molecular flexibility index (Phi) is 42.6. The minimum absolute atomic E-state index is 0.470. The summed E-state index contributed by atoms with van der Waals surface area (Å²) in [7, 11) is 0. The third-order valence-corrected chi connectivity index (χ3v) is 15.5. The molecule has 0 aliphatic rings. The van der Waals surface area contributed by atoms with Crippen molar-refractivity contribution in [2.45, 2.75) is 348 Å². The Morgan fingerprint density at radius 1 is 0.313 bits per heavy atom. The van der Waals surface area contributed by atoms with Gasteiger partial charge in [-0.25, -0.2) is 4.79 Å². The fraction of sp³-hybridized carbons (Fsp3) is 0.831. The van der Waals surface area contributed by atoms with Crippen LogP contribution in [-0.4, -0.2) is 11.1 Å². The first kappa shape index (κ1) is 61.3. The lowest BCUT2D eigenvalue weighted by atomic mass is 9.87. The average molecular weight is 930 g/mol. The van der Waals surface area contributed by atoms with Crippen LogP contribution in [0, 0.1) is 0 Å². The number of carboxylic acid groups (broad SMARTS) is 1. The van der Waals surface area contributed by atoms with Crippen LogP contribution >= 0.6 is 0 Å². The van der Waals surface area contributed by atoms with Gasteiger partial charge in [-0.15, -0.1) is 0 Å². The second kappa shape index (κ2) is 46.5. The Balaban J connectivity index is 1.86. The maximum absolute atomic E-state index is 12.4. The molecule has 0 atom stereocenters. The van der Waals surface area contributed by atoms with Gasteiger partial charge >= 0.3 is 5.97 Å². The molecule has 0 saturated carbocycles. The predicted molar refractivity (Wildman–Crippen MR) is 301 cm³/mol. The first-order valence-electron chi connectivity index (χ1n) is 30.9. The molecular formula is C65H116O2. The van der Waals surface area contributed by atoms with E-state index in [0.717, 1.165) is 24.6 Å². The fourth-order valence-electron chi connectivity index (χ4n) is 11.1. The number of aryl methyl sites for hydroxylation is 3. The molecule has 0 aromatic heterocycles. The zero-order valence-electron chi connectivity index (χ0n) is 45.7. The quantitative estimate of drug-likeness (QED) is 0.0671. The van der Waals surface area contributed by atoms with E-state index in [-0.39, 0.29) is 0 Å². The molecule has 67 heavy (non-hydrogen) atoms. The van der Waals surface area contributed by atoms with Gasteiger partial charge in [-0.2, -0.15) is 0 Å². The predicted octanol–water partition coefficient (Wildman–Crippen LogP) is 23.0. The highest BCUT2D eigenvalue weighted by Gasteiger charge is 2.16. The smallest absolute Gasteiger partial charge is 0.335 e. The third kappa shape index (κ3) is 34.2. The monoisotopic (exact) mass is 929 g/mol. The van der Waals surface area contributed by atoms with E-state index in [1.165, 1.54) is 319 Å². The second-order valence-corrected chi connectivity index (χ2v) is 21.9. The van der Waals surface area contributed by atoms with Crippen molar-refractivity contribution in [1.29, 1.82) is 0 Å². The minimum atomic E-state index is -0.785. The van der Waals surface area contributed by atoms with E-state index < -0.39 is 5.97 Å². The molecule has 2 aromatic carbocycles. The summed E-state index contributed by atoms with van der Waals surface area (Å²) in [6.07, 6.45) is 70.3. The number of carbonyl (C=O) groups is 1. The van der Waals surface area contributed by atoms with Crippen LogP contribution in [-0.2, 0) is 19.3 Å². The Morgan fingerprint density at radius 2 is 0.567 bits per heavy atom. The van der Waals surface area contributed by atoms with Crippen LogP contribution in [0.4, 0.5) is 0 Å². The van der Waals surface area contributed by atoms with Gasteiger partial charge in [0.1, 0.15) is 0 Å². The summed E-state index contributed by atoms with van der Waals surface area (Å²) in [5.41, 5.74) is 4.89. The van der Waals surface area contributed by atoms with Crippen LogP contribution in [0.1, 0.15) is 356 Å². The van der Waals surface area contributed by atoms with Gasteiger partial charge in [-0.1, -0.05) is 322 Å².